The fourth-order valence-corrected chi connectivity index (χ4v) is 1.12. The summed E-state index contributed by atoms with van der Waals surface area (Å²) in [4.78, 5) is 0. The zero-order chi connectivity index (χ0) is 9.52. The zero-order valence-electron chi connectivity index (χ0n) is 8.12. The summed E-state index contributed by atoms with van der Waals surface area (Å²) in [6, 6.07) is 4.20. The molecule has 0 fully saturated rings. The van der Waals surface area contributed by atoms with Crippen molar-refractivity contribution in [2.45, 2.75) is 25.8 Å². The normalized spacial score (nSPS) is 13.1. The standard InChI is InChI=1S/C10H18N2O/c1-9(11)4-6-12-7-5-10-3-2-8-13-10/h2-3,8-9,12H,4-7,11H2,1H3. The zero-order valence-corrected chi connectivity index (χ0v) is 8.12. The van der Waals surface area contributed by atoms with Crippen LogP contribution >= 0.6 is 0 Å². The summed E-state index contributed by atoms with van der Waals surface area (Å²) < 4.78 is 5.20. The van der Waals surface area contributed by atoms with Gasteiger partial charge in [-0.15, -0.1) is 0 Å². The molecule has 0 amide bonds. The minimum Gasteiger partial charge on any atom is -0.469 e. The summed E-state index contributed by atoms with van der Waals surface area (Å²) in [7, 11) is 0. The molecule has 0 saturated heterocycles. The Kier molecular flexibility index (Phi) is 4.57. The van der Waals surface area contributed by atoms with Crippen LogP contribution in [0.3, 0.4) is 0 Å². The molecule has 0 aliphatic heterocycles. The molecule has 1 heterocycles. The van der Waals surface area contributed by atoms with Gasteiger partial charge in [-0.05, 0) is 32.0 Å². The van der Waals surface area contributed by atoms with Crippen molar-refractivity contribution in [1.82, 2.24) is 5.32 Å². The lowest BCUT2D eigenvalue weighted by Gasteiger charge is -2.05. The monoisotopic (exact) mass is 182 g/mol. The van der Waals surface area contributed by atoms with Gasteiger partial charge >= 0.3 is 0 Å². The molecule has 0 aliphatic rings. The maximum atomic E-state index is 5.61. The molecular weight excluding hydrogens is 164 g/mol. The maximum absolute atomic E-state index is 5.61. The van der Waals surface area contributed by atoms with E-state index in [0.29, 0.717) is 0 Å². The Balaban J connectivity index is 1.96. The van der Waals surface area contributed by atoms with Crippen LogP contribution in [0.5, 0.6) is 0 Å². The number of hydrogen-bond acceptors (Lipinski definition) is 3. The van der Waals surface area contributed by atoms with Gasteiger partial charge in [0.15, 0.2) is 0 Å². The highest BCUT2D eigenvalue weighted by Crippen LogP contribution is 1.99. The molecule has 1 aromatic heterocycles. The maximum Gasteiger partial charge on any atom is 0.105 e. The smallest absolute Gasteiger partial charge is 0.105 e. The number of hydrogen-bond donors (Lipinski definition) is 2. The Morgan fingerprint density at radius 3 is 3.00 bits per heavy atom. The number of nitrogens with two attached hydrogens (primary N) is 1. The van der Waals surface area contributed by atoms with Crippen LogP contribution in [0.1, 0.15) is 19.1 Å². The molecule has 1 rings (SSSR count). The van der Waals surface area contributed by atoms with E-state index < -0.39 is 0 Å². The van der Waals surface area contributed by atoms with Crippen LogP contribution in [-0.4, -0.2) is 19.1 Å². The third-order valence-electron chi connectivity index (χ3n) is 1.90. The summed E-state index contributed by atoms with van der Waals surface area (Å²) >= 11 is 0. The molecule has 1 atom stereocenters. The first kappa shape index (κ1) is 10.3. The Labute approximate surface area is 79.3 Å². The highest BCUT2D eigenvalue weighted by Gasteiger charge is 1.95. The van der Waals surface area contributed by atoms with Gasteiger partial charge in [0, 0.05) is 19.0 Å². The van der Waals surface area contributed by atoms with E-state index in [9.17, 15) is 0 Å². The number of furan rings is 1. The third kappa shape index (κ3) is 4.70. The lowest BCUT2D eigenvalue weighted by atomic mass is 10.2. The number of rotatable bonds is 6. The van der Waals surface area contributed by atoms with Crippen molar-refractivity contribution in [3.8, 4) is 0 Å². The Morgan fingerprint density at radius 1 is 1.54 bits per heavy atom. The van der Waals surface area contributed by atoms with Crippen LogP contribution in [0.4, 0.5) is 0 Å². The molecule has 0 saturated carbocycles. The summed E-state index contributed by atoms with van der Waals surface area (Å²) in [5.74, 6) is 1.04. The van der Waals surface area contributed by atoms with E-state index in [-0.39, 0.29) is 6.04 Å². The van der Waals surface area contributed by atoms with Gasteiger partial charge < -0.3 is 15.5 Å². The lowest BCUT2D eigenvalue weighted by molar-refractivity contribution is 0.495. The summed E-state index contributed by atoms with van der Waals surface area (Å²) in [6.07, 6.45) is 3.68. The Hall–Kier alpha value is -0.800. The molecule has 3 nitrogen and oxygen atoms in total. The topological polar surface area (TPSA) is 51.2 Å². The minimum atomic E-state index is 0.288. The van der Waals surface area contributed by atoms with E-state index in [1.54, 1.807) is 6.26 Å². The van der Waals surface area contributed by atoms with E-state index in [1.807, 2.05) is 19.1 Å². The molecule has 0 radical (unpaired) electrons. The second-order valence-corrected chi connectivity index (χ2v) is 3.35. The van der Waals surface area contributed by atoms with Gasteiger partial charge in [-0.3, -0.25) is 0 Å². The lowest BCUT2D eigenvalue weighted by Crippen LogP contribution is -2.25. The largest absolute Gasteiger partial charge is 0.469 e. The molecule has 13 heavy (non-hydrogen) atoms. The number of nitrogens with one attached hydrogen (secondary N) is 1. The van der Waals surface area contributed by atoms with Crippen LogP contribution in [0.25, 0.3) is 0 Å². The average Bonchev–Trinajstić information content (AvgIpc) is 2.55. The van der Waals surface area contributed by atoms with Crippen molar-refractivity contribution in [2.24, 2.45) is 5.73 Å². The Bertz CT molecular complexity index is 207. The van der Waals surface area contributed by atoms with Crippen molar-refractivity contribution in [1.29, 1.82) is 0 Å². The van der Waals surface area contributed by atoms with Crippen LogP contribution < -0.4 is 11.1 Å². The SMILES string of the molecule is CC(N)CCNCCc1ccco1. The van der Waals surface area contributed by atoms with E-state index in [4.69, 9.17) is 10.2 Å². The van der Waals surface area contributed by atoms with Crippen molar-refractivity contribution in [3.05, 3.63) is 24.2 Å². The van der Waals surface area contributed by atoms with Gasteiger partial charge in [-0.25, -0.2) is 0 Å². The van der Waals surface area contributed by atoms with E-state index in [2.05, 4.69) is 5.32 Å². The predicted molar refractivity (Wildman–Crippen MR) is 53.5 cm³/mol. The van der Waals surface area contributed by atoms with Crippen molar-refractivity contribution in [2.75, 3.05) is 13.1 Å². The Morgan fingerprint density at radius 2 is 2.38 bits per heavy atom. The first-order valence-electron chi connectivity index (χ1n) is 4.77. The van der Waals surface area contributed by atoms with Crippen LogP contribution in [0.2, 0.25) is 0 Å². The van der Waals surface area contributed by atoms with Gasteiger partial charge in [-0.1, -0.05) is 0 Å². The van der Waals surface area contributed by atoms with E-state index in [0.717, 1.165) is 31.7 Å². The molecule has 0 spiro atoms. The van der Waals surface area contributed by atoms with Crippen LogP contribution in [0.15, 0.2) is 22.8 Å². The molecule has 1 aromatic rings. The molecule has 3 heteroatoms. The van der Waals surface area contributed by atoms with Crippen molar-refractivity contribution in [3.63, 3.8) is 0 Å². The molecule has 3 N–H and O–H groups in total. The van der Waals surface area contributed by atoms with Crippen molar-refractivity contribution >= 4 is 0 Å². The van der Waals surface area contributed by atoms with Gasteiger partial charge in [0.2, 0.25) is 0 Å². The summed E-state index contributed by atoms with van der Waals surface area (Å²) in [5, 5.41) is 3.32. The van der Waals surface area contributed by atoms with E-state index in [1.165, 1.54) is 0 Å². The van der Waals surface area contributed by atoms with Gasteiger partial charge in [0.1, 0.15) is 5.76 Å². The van der Waals surface area contributed by atoms with Gasteiger partial charge in [0.05, 0.1) is 6.26 Å². The fraction of sp³-hybridized carbons (Fsp3) is 0.600. The molecule has 74 valence electrons. The molecular formula is C10H18N2O. The molecule has 0 bridgehead atoms. The van der Waals surface area contributed by atoms with Crippen LogP contribution in [-0.2, 0) is 6.42 Å². The highest BCUT2D eigenvalue weighted by molar-refractivity contribution is 4.98. The average molecular weight is 182 g/mol. The first-order chi connectivity index (χ1) is 6.29. The molecule has 0 aromatic carbocycles. The van der Waals surface area contributed by atoms with Crippen molar-refractivity contribution < 1.29 is 4.42 Å². The molecule has 0 aliphatic carbocycles. The second-order valence-electron chi connectivity index (χ2n) is 3.35. The van der Waals surface area contributed by atoms with E-state index >= 15 is 0 Å². The predicted octanol–water partition coefficient (Wildman–Crippen LogP) is 1.15. The highest BCUT2D eigenvalue weighted by atomic mass is 16.3. The first-order valence-corrected chi connectivity index (χ1v) is 4.77. The fourth-order valence-electron chi connectivity index (χ4n) is 1.12. The molecule has 1 unspecified atom stereocenters. The van der Waals surface area contributed by atoms with Crippen LogP contribution in [0, 0.1) is 0 Å². The second kappa shape index (κ2) is 5.78. The summed E-state index contributed by atoms with van der Waals surface area (Å²) in [6.45, 7) is 3.97. The minimum absolute atomic E-state index is 0.288. The third-order valence-corrected chi connectivity index (χ3v) is 1.90. The van der Waals surface area contributed by atoms with Gasteiger partial charge in [0.25, 0.3) is 0 Å². The summed E-state index contributed by atoms with van der Waals surface area (Å²) in [5.41, 5.74) is 5.61. The quantitative estimate of drug-likeness (QED) is 0.649. The van der Waals surface area contributed by atoms with Gasteiger partial charge in [-0.2, -0.15) is 0 Å².